The molecular formula is C13H12ClNO2S2. The van der Waals surface area contributed by atoms with Gasteiger partial charge in [0.2, 0.25) is 0 Å². The van der Waals surface area contributed by atoms with Gasteiger partial charge in [-0.1, -0.05) is 23.7 Å². The molecule has 6 heteroatoms. The molecule has 19 heavy (non-hydrogen) atoms. The number of benzene rings is 1. The van der Waals surface area contributed by atoms with Gasteiger partial charge in [0, 0.05) is 11.5 Å². The number of halogens is 1. The highest BCUT2D eigenvalue weighted by molar-refractivity contribution is 8.25. The number of carbonyl (C=O) groups excluding carboxylic acids is 2. The molecule has 3 nitrogen and oxygen atoms in total. The van der Waals surface area contributed by atoms with E-state index in [0.717, 1.165) is 15.7 Å². The van der Waals surface area contributed by atoms with Crippen LogP contribution in [-0.2, 0) is 9.59 Å². The van der Waals surface area contributed by atoms with Gasteiger partial charge in [-0.2, -0.15) is 0 Å². The van der Waals surface area contributed by atoms with Crippen LogP contribution >= 0.6 is 35.1 Å². The maximum Gasteiger partial charge on any atom is 0.260 e. The van der Waals surface area contributed by atoms with Crippen LogP contribution in [0.5, 0.6) is 0 Å². The Balaban J connectivity index is 2.25. The number of rotatable bonds is 3. The number of ketones is 1. The molecular weight excluding hydrogens is 302 g/mol. The van der Waals surface area contributed by atoms with Crippen molar-refractivity contribution in [2.75, 3.05) is 16.8 Å². The monoisotopic (exact) mass is 313 g/mol. The van der Waals surface area contributed by atoms with Crippen molar-refractivity contribution in [3.05, 3.63) is 39.1 Å². The summed E-state index contributed by atoms with van der Waals surface area (Å²) >= 11 is 9.09. The molecule has 0 aliphatic carbocycles. The Morgan fingerprint density at radius 1 is 1.21 bits per heavy atom. The van der Waals surface area contributed by atoms with E-state index in [9.17, 15) is 9.59 Å². The van der Waals surface area contributed by atoms with Gasteiger partial charge in [-0.25, -0.2) is 0 Å². The number of carbonyl (C=O) groups is 2. The van der Waals surface area contributed by atoms with Crippen LogP contribution in [0.2, 0.25) is 5.02 Å². The third-order valence-corrected chi connectivity index (χ3v) is 5.50. The third-order valence-electron chi connectivity index (χ3n) is 2.45. The number of hydrogen-bond donors (Lipinski definition) is 1. The zero-order valence-electron chi connectivity index (χ0n) is 10.2. The smallest absolute Gasteiger partial charge is 0.260 e. The number of Topliss-reactive ketones (excluding diaryl/α,β-unsaturated/α-hetero) is 1. The molecule has 1 amide bonds. The van der Waals surface area contributed by atoms with Gasteiger partial charge >= 0.3 is 0 Å². The van der Waals surface area contributed by atoms with Gasteiger partial charge in [0.05, 0.1) is 14.9 Å². The highest BCUT2D eigenvalue weighted by Crippen LogP contribution is 2.39. The summed E-state index contributed by atoms with van der Waals surface area (Å²) in [6.45, 7) is 1.41. The van der Waals surface area contributed by atoms with Crippen molar-refractivity contribution in [3.8, 4) is 0 Å². The predicted molar refractivity (Wildman–Crippen MR) is 82.7 cm³/mol. The van der Waals surface area contributed by atoms with Crippen molar-refractivity contribution in [1.82, 2.24) is 0 Å². The molecule has 0 saturated carbocycles. The second-order valence-corrected chi connectivity index (χ2v) is 6.73. The number of para-hydroxylation sites is 1. The van der Waals surface area contributed by atoms with Crippen LogP contribution in [0, 0.1) is 0 Å². The minimum absolute atomic E-state index is 0.221. The number of thioether (sulfide) groups is 2. The number of anilines is 1. The largest absolute Gasteiger partial charge is 0.320 e. The van der Waals surface area contributed by atoms with E-state index in [0.29, 0.717) is 10.7 Å². The summed E-state index contributed by atoms with van der Waals surface area (Å²) in [7, 11) is 0. The number of nitrogens with one attached hydrogen (secondary N) is 1. The summed E-state index contributed by atoms with van der Waals surface area (Å²) in [6.07, 6.45) is 0. The molecule has 1 saturated heterocycles. The summed E-state index contributed by atoms with van der Waals surface area (Å²) in [5.41, 5.74) is 0.744. The summed E-state index contributed by atoms with van der Waals surface area (Å²) in [4.78, 5) is 23.9. The van der Waals surface area contributed by atoms with Crippen LogP contribution in [0.15, 0.2) is 34.1 Å². The fourth-order valence-electron chi connectivity index (χ4n) is 1.60. The standard InChI is InChI=1S/C13H12ClNO2S2/c1-8(16)11(13-18-6-7-19-13)12(17)15-10-5-3-2-4-9(10)14/h2-5H,6-7H2,1H3,(H,15,17). The van der Waals surface area contributed by atoms with E-state index in [4.69, 9.17) is 11.6 Å². The maximum atomic E-state index is 12.2. The van der Waals surface area contributed by atoms with Crippen LogP contribution in [0.3, 0.4) is 0 Å². The average molecular weight is 314 g/mol. The first-order valence-corrected chi connectivity index (χ1v) is 8.01. The van der Waals surface area contributed by atoms with E-state index < -0.39 is 5.91 Å². The van der Waals surface area contributed by atoms with Crippen LogP contribution in [0.1, 0.15) is 6.92 Å². The molecule has 0 aromatic heterocycles. The highest BCUT2D eigenvalue weighted by Gasteiger charge is 2.24. The normalized spacial score (nSPS) is 14.3. The van der Waals surface area contributed by atoms with E-state index in [-0.39, 0.29) is 11.4 Å². The molecule has 1 aliphatic heterocycles. The Hall–Kier alpha value is -0.910. The highest BCUT2D eigenvalue weighted by atomic mass is 35.5. The molecule has 1 heterocycles. The zero-order chi connectivity index (χ0) is 13.8. The zero-order valence-corrected chi connectivity index (χ0v) is 12.6. The lowest BCUT2D eigenvalue weighted by Gasteiger charge is -2.09. The molecule has 0 radical (unpaired) electrons. The van der Waals surface area contributed by atoms with Crippen molar-refractivity contribution in [1.29, 1.82) is 0 Å². The first-order valence-electron chi connectivity index (χ1n) is 5.66. The lowest BCUT2D eigenvalue weighted by atomic mass is 10.2. The minimum Gasteiger partial charge on any atom is -0.320 e. The second kappa shape index (κ2) is 6.50. The van der Waals surface area contributed by atoms with Crippen molar-refractivity contribution >= 4 is 52.5 Å². The fourth-order valence-corrected chi connectivity index (χ4v) is 4.41. The van der Waals surface area contributed by atoms with Crippen LogP contribution in [0.4, 0.5) is 5.69 Å². The van der Waals surface area contributed by atoms with E-state index in [2.05, 4.69) is 5.32 Å². The van der Waals surface area contributed by atoms with E-state index in [1.54, 1.807) is 47.8 Å². The lowest BCUT2D eigenvalue weighted by molar-refractivity contribution is -0.118. The molecule has 1 N–H and O–H groups in total. The molecule has 100 valence electrons. The Labute approximate surface area is 125 Å². The Kier molecular flexibility index (Phi) is 4.96. The third kappa shape index (κ3) is 3.55. The van der Waals surface area contributed by atoms with Gasteiger partial charge in [-0.05, 0) is 19.1 Å². The molecule has 0 bridgehead atoms. The first-order chi connectivity index (χ1) is 9.09. The van der Waals surface area contributed by atoms with Crippen molar-refractivity contribution < 1.29 is 9.59 Å². The molecule has 0 spiro atoms. The summed E-state index contributed by atoms with van der Waals surface area (Å²) in [5.74, 6) is 1.24. The summed E-state index contributed by atoms with van der Waals surface area (Å²) in [5, 5.41) is 3.15. The van der Waals surface area contributed by atoms with Crippen molar-refractivity contribution in [2.45, 2.75) is 6.92 Å². The second-order valence-electron chi connectivity index (χ2n) is 3.85. The summed E-state index contributed by atoms with van der Waals surface area (Å²) in [6, 6.07) is 6.96. The molecule has 1 aliphatic rings. The molecule has 1 fully saturated rings. The Morgan fingerprint density at radius 2 is 1.84 bits per heavy atom. The Morgan fingerprint density at radius 3 is 2.42 bits per heavy atom. The topological polar surface area (TPSA) is 46.2 Å². The van der Waals surface area contributed by atoms with E-state index in [1.807, 2.05) is 0 Å². The van der Waals surface area contributed by atoms with Crippen molar-refractivity contribution in [3.63, 3.8) is 0 Å². The van der Waals surface area contributed by atoms with Gasteiger partial charge in [-0.15, -0.1) is 23.5 Å². The average Bonchev–Trinajstić information content (AvgIpc) is 2.85. The lowest BCUT2D eigenvalue weighted by Crippen LogP contribution is -2.20. The maximum absolute atomic E-state index is 12.2. The van der Waals surface area contributed by atoms with Gasteiger partial charge in [-0.3, -0.25) is 9.59 Å². The molecule has 0 unspecified atom stereocenters. The number of hydrogen-bond acceptors (Lipinski definition) is 4. The molecule has 0 atom stereocenters. The van der Waals surface area contributed by atoms with Gasteiger partial charge in [0.1, 0.15) is 5.57 Å². The van der Waals surface area contributed by atoms with Gasteiger partial charge in [0.15, 0.2) is 5.78 Å². The molecule has 1 aromatic rings. The van der Waals surface area contributed by atoms with Crippen LogP contribution < -0.4 is 5.32 Å². The molecule has 2 rings (SSSR count). The first kappa shape index (κ1) is 14.5. The SMILES string of the molecule is CC(=O)C(C(=O)Nc1ccccc1Cl)=C1SCCS1. The minimum atomic E-state index is -0.391. The number of amides is 1. The van der Waals surface area contributed by atoms with Crippen LogP contribution in [-0.4, -0.2) is 23.2 Å². The predicted octanol–water partition coefficient (Wildman–Crippen LogP) is 3.56. The fraction of sp³-hybridized carbons (Fsp3) is 0.231. The summed E-state index contributed by atoms with van der Waals surface area (Å²) < 4.78 is 0.803. The quantitative estimate of drug-likeness (QED) is 0.526. The molecule has 1 aromatic carbocycles. The van der Waals surface area contributed by atoms with Gasteiger partial charge in [0.25, 0.3) is 5.91 Å². The van der Waals surface area contributed by atoms with E-state index in [1.165, 1.54) is 6.92 Å². The van der Waals surface area contributed by atoms with Crippen LogP contribution in [0.25, 0.3) is 0 Å². The van der Waals surface area contributed by atoms with E-state index >= 15 is 0 Å². The van der Waals surface area contributed by atoms with Gasteiger partial charge < -0.3 is 5.32 Å². The Bertz CT molecular complexity index is 549. The van der Waals surface area contributed by atoms with Crippen molar-refractivity contribution in [2.24, 2.45) is 0 Å².